The maximum absolute atomic E-state index is 6.17. The molecule has 2 saturated heterocycles. The Bertz CT molecular complexity index is 305. The van der Waals surface area contributed by atoms with Crippen molar-refractivity contribution in [3.63, 3.8) is 0 Å². The third-order valence-corrected chi connectivity index (χ3v) is 4.50. The van der Waals surface area contributed by atoms with E-state index in [1.54, 1.807) is 0 Å². The highest BCUT2D eigenvalue weighted by Crippen LogP contribution is 2.39. The second-order valence-corrected chi connectivity index (χ2v) is 6.20. The summed E-state index contributed by atoms with van der Waals surface area (Å²) in [6, 6.07) is 0.0877. The van der Waals surface area contributed by atoms with Gasteiger partial charge in [-0.15, -0.1) is 0 Å². The van der Waals surface area contributed by atoms with E-state index in [0.717, 1.165) is 45.7 Å². The van der Waals surface area contributed by atoms with Gasteiger partial charge in [0.05, 0.1) is 25.4 Å². The van der Waals surface area contributed by atoms with Crippen molar-refractivity contribution in [3.8, 4) is 0 Å². The number of hydrogen-bond donors (Lipinski definition) is 1. The fourth-order valence-corrected chi connectivity index (χ4v) is 3.39. The molecule has 19 heavy (non-hydrogen) atoms. The lowest BCUT2D eigenvalue weighted by atomic mass is 10.1. The van der Waals surface area contributed by atoms with E-state index < -0.39 is 0 Å². The van der Waals surface area contributed by atoms with Crippen LogP contribution in [0.25, 0.3) is 0 Å². The quantitative estimate of drug-likeness (QED) is 0.819. The summed E-state index contributed by atoms with van der Waals surface area (Å²) in [5.74, 6) is -0.239. The molecule has 1 spiro atoms. The Morgan fingerprint density at radius 3 is 2.89 bits per heavy atom. The first-order valence-corrected chi connectivity index (χ1v) is 7.58. The lowest BCUT2D eigenvalue weighted by molar-refractivity contribution is -0.165. The van der Waals surface area contributed by atoms with Gasteiger partial charge in [-0.3, -0.25) is 4.90 Å². The van der Waals surface area contributed by atoms with Gasteiger partial charge in [0, 0.05) is 38.5 Å². The van der Waals surface area contributed by atoms with Gasteiger partial charge in [-0.1, -0.05) is 0 Å². The lowest BCUT2D eigenvalue weighted by Gasteiger charge is -2.35. The van der Waals surface area contributed by atoms with Crippen LogP contribution in [-0.4, -0.2) is 61.8 Å². The minimum atomic E-state index is -0.239. The maximum Gasteiger partial charge on any atom is 0.168 e. The van der Waals surface area contributed by atoms with E-state index in [0.29, 0.717) is 0 Å². The van der Waals surface area contributed by atoms with Crippen LogP contribution in [0.3, 0.4) is 0 Å². The summed E-state index contributed by atoms with van der Waals surface area (Å²) in [5, 5.41) is 0. The summed E-state index contributed by atoms with van der Waals surface area (Å²) >= 11 is 0. The third-order valence-electron chi connectivity index (χ3n) is 4.50. The van der Waals surface area contributed by atoms with E-state index in [4.69, 9.17) is 19.9 Å². The van der Waals surface area contributed by atoms with Gasteiger partial charge in [-0.2, -0.15) is 0 Å². The molecule has 3 fully saturated rings. The average molecular weight is 270 g/mol. The highest BCUT2D eigenvalue weighted by atomic mass is 16.7. The first-order chi connectivity index (χ1) is 9.17. The zero-order chi connectivity index (χ0) is 13.3. The summed E-state index contributed by atoms with van der Waals surface area (Å²) in [4.78, 5) is 2.40. The first kappa shape index (κ1) is 13.8. The van der Waals surface area contributed by atoms with E-state index in [1.807, 2.05) is 6.92 Å². The fourth-order valence-electron chi connectivity index (χ4n) is 3.39. The average Bonchev–Trinajstić information content (AvgIpc) is 3.01. The molecule has 1 aliphatic carbocycles. The van der Waals surface area contributed by atoms with Crippen molar-refractivity contribution in [3.05, 3.63) is 0 Å². The molecule has 3 atom stereocenters. The third kappa shape index (κ3) is 3.11. The van der Waals surface area contributed by atoms with Crippen molar-refractivity contribution >= 4 is 0 Å². The van der Waals surface area contributed by atoms with Crippen LogP contribution in [0.1, 0.15) is 32.6 Å². The molecule has 110 valence electrons. The molecule has 3 unspecified atom stereocenters. The van der Waals surface area contributed by atoms with E-state index in [-0.39, 0.29) is 24.0 Å². The predicted octanol–water partition coefficient (Wildman–Crippen LogP) is 0.720. The van der Waals surface area contributed by atoms with E-state index in [2.05, 4.69) is 4.90 Å². The molecule has 3 rings (SSSR count). The largest absolute Gasteiger partial charge is 0.374 e. The van der Waals surface area contributed by atoms with E-state index in [1.165, 1.54) is 12.8 Å². The molecule has 5 heteroatoms. The Labute approximate surface area is 115 Å². The van der Waals surface area contributed by atoms with Crippen LogP contribution in [0.15, 0.2) is 0 Å². The molecule has 1 saturated carbocycles. The molecule has 2 N–H and O–H groups in total. The van der Waals surface area contributed by atoms with Crippen LogP contribution in [0, 0.1) is 0 Å². The number of nitrogens with two attached hydrogens (primary N) is 1. The van der Waals surface area contributed by atoms with E-state index >= 15 is 0 Å². The van der Waals surface area contributed by atoms with Crippen molar-refractivity contribution in [1.82, 2.24) is 4.90 Å². The van der Waals surface area contributed by atoms with Crippen LogP contribution < -0.4 is 5.73 Å². The molecule has 5 nitrogen and oxygen atoms in total. The molecule has 0 amide bonds. The van der Waals surface area contributed by atoms with Gasteiger partial charge in [-0.25, -0.2) is 0 Å². The van der Waals surface area contributed by atoms with Gasteiger partial charge >= 0.3 is 0 Å². The van der Waals surface area contributed by atoms with Crippen LogP contribution in [0.4, 0.5) is 0 Å². The predicted molar refractivity (Wildman–Crippen MR) is 71.9 cm³/mol. The second-order valence-electron chi connectivity index (χ2n) is 6.20. The fraction of sp³-hybridized carbons (Fsp3) is 1.00. The normalized spacial score (nSPS) is 36.9. The van der Waals surface area contributed by atoms with Crippen LogP contribution in [0.5, 0.6) is 0 Å². The van der Waals surface area contributed by atoms with Crippen LogP contribution >= 0.6 is 0 Å². The lowest BCUT2D eigenvalue weighted by Crippen LogP contribution is -2.51. The van der Waals surface area contributed by atoms with Gasteiger partial charge in [0.25, 0.3) is 0 Å². The number of ether oxygens (including phenoxy) is 3. The molecule has 3 aliphatic rings. The monoisotopic (exact) mass is 270 g/mol. The Morgan fingerprint density at radius 1 is 1.37 bits per heavy atom. The van der Waals surface area contributed by atoms with Gasteiger partial charge in [-0.05, 0) is 19.8 Å². The Hall–Kier alpha value is -0.200. The maximum atomic E-state index is 6.17. The molecule has 0 aromatic carbocycles. The topological polar surface area (TPSA) is 57.0 Å². The summed E-state index contributed by atoms with van der Waals surface area (Å²) in [6.45, 7) is 6.33. The smallest absolute Gasteiger partial charge is 0.168 e. The number of rotatable bonds is 3. The SMILES string of the molecule is CC(N)C1CN(CC2COC3(CCCC3)O2)CCO1. The molecule has 0 radical (unpaired) electrons. The second kappa shape index (κ2) is 5.66. The Kier molecular flexibility index (Phi) is 4.10. The minimum Gasteiger partial charge on any atom is -0.374 e. The van der Waals surface area contributed by atoms with E-state index in [9.17, 15) is 0 Å². The van der Waals surface area contributed by atoms with Gasteiger partial charge in [0.15, 0.2) is 5.79 Å². The van der Waals surface area contributed by atoms with Crippen molar-refractivity contribution in [1.29, 1.82) is 0 Å². The minimum absolute atomic E-state index is 0.0877. The first-order valence-electron chi connectivity index (χ1n) is 7.58. The van der Waals surface area contributed by atoms with Crippen LogP contribution in [0.2, 0.25) is 0 Å². The summed E-state index contributed by atoms with van der Waals surface area (Å²) < 4.78 is 17.8. The van der Waals surface area contributed by atoms with Gasteiger partial charge in [0.2, 0.25) is 0 Å². The highest BCUT2D eigenvalue weighted by molar-refractivity contribution is 4.86. The molecular weight excluding hydrogens is 244 g/mol. The Balaban J connectivity index is 1.49. The Morgan fingerprint density at radius 2 is 2.16 bits per heavy atom. The standard InChI is InChI=1S/C14H26N2O3/c1-11(15)13-9-16(6-7-17-13)8-12-10-18-14(19-12)4-2-3-5-14/h11-13H,2-10,15H2,1H3. The van der Waals surface area contributed by atoms with Gasteiger partial charge < -0.3 is 19.9 Å². The summed E-state index contributed by atoms with van der Waals surface area (Å²) in [5.41, 5.74) is 5.92. The highest BCUT2D eigenvalue weighted by Gasteiger charge is 2.44. The zero-order valence-electron chi connectivity index (χ0n) is 11.8. The zero-order valence-corrected chi connectivity index (χ0v) is 11.8. The van der Waals surface area contributed by atoms with Crippen molar-refractivity contribution in [2.45, 2.75) is 56.6 Å². The molecular formula is C14H26N2O3. The molecule has 2 aliphatic heterocycles. The molecule has 0 bridgehead atoms. The van der Waals surface area contributed by atoms with Crippen LogP contribution in [-0.2, 0) is 14.2 Å². The van der Waals surface area contributed by atoms with Crippen molar-refractivity contribution < 1.29 is 14.2 Å². The van der Waals surface area contributed by atoms with Crippen molar-refractivity contribution in [2.24, 2.45) is 5.73 Å². The summed E-state index contributed by atoms with van der Waals surface area (Å²) in [7, 11) is 0. The molecule has 0 aromatic heterocycles. The van der Waals surface area contributed by atoms with Gasteiger partial charge in [0.1, 0.15) is 0 Å². The summed E-state index contributed by atoms with van der Waals surface area (Å²) in [6.07, 6.45) is 4.96. The number of morpholine rings is 1. The molecule has 0 aromatic rings. The number of nitrogens with zero attached hydrogens (tertiary/aromatic N) is 1. The number of hydrogen-bond acceptors (Lipinski definition) is 5. The molecule has 2 heterocycles. The van der Waals surface area contributed by atoms with Crippen molar-refractivity contribution in [2.75, 3.05) is 32.8 Å².